The molecule has 1 N–H and O–H groups in total. The molecule has 3 heteroatoms. The van der Waals surface area contributed by atoms with Crippen LogP contribution in [-0.4, -0.2) is 23.9 Å². The Labute approximate surface area is 104 Å². The van der Waals surface area contributed by atoms with Gasteiger partial charge in [-0.1, -0.05) is 26.7 Å². The highest BCUT2D eigenvalue weighted by atomic mass is 16.1. The molecule has 0 saturated carbocycles. The molecule has 0 aromatic rings. The minimum atomic E-state index is 0.111. The molecule has 0 atom stereocenters. The van der Waals surface area contributed by atoms with E-state index in [-0.39, 0.29) is 11.2 Å². The van der Waals surface area contributed by atoms with Crippen molar-refractivity contribution >= 4 is 5.78 Å². The zero-order chi connectivity index (χ0) is 12.3. The summed E-state index contributed by atoms with van der Waals surface area (Å²) >= 11 is 0. The molecule has 0 unspecified atom stereocenters. The van der Waals surface area contributed by atoms with E-state index in [0.717, 1.165) is 25.2 Å². The molecule has 17 heavy (non-hydrogen) atoms. The number of carbonyl (C=O) groups is 1. The number of allylic oxidation sites excluding steroid dienone is 2. The van der Waals surface area contributed by atoms with Gasteiger partial charge >= 0.3 is 0 Å². The topological polar surface area (TPSA) is 32.3 Å². The largest absolute Gasteiger partial charge is 0.323 e. The smallest absolute Gasteiger partial charge is 0.158 e. The number of nitrogens with one attached hydrogen (secondary N) is 1. The van der Waals surface area contributed by atoms with Crippen LogP contribution in [0, 0.1) is 5.41 Å². The lowest BCUT2D eigenvalue weighted by Gasteiger charge is -2.32. The molecule has 0 radical (unpaired) electrons. The van der Waals surface area contributed by atoms with Crippen LogP contribution in [0.4, 0.5) is 0 Å². The van der Waals surface area contributed by atoms with Gasteiger partial charge in [0.1, 0.15) is 0 Å². The number of hydrogen-bond donors (Lipinski definition) is 1. The highest BCUT2D eigenvalue weighted by Crippen LogP contribution is 2.32. The van der Waals surface area contributed by atoms with E-state index in [1.165, 1.54) is 25.7 Å². The lowest BCUT2D eigenvalue weighted by Crippen LogP contribution is -2.40. The maximum Gasteiger partial charge on any atom is 0.158 e. The molecule has 2 rings (SSSR count). The molecule has 0 spiro atoms. The lowest BCUT2D eigenvalue weighted by atomic mass is 9.79. The molecule has 2 aliphatic rings. The first kappa shape index (κ1) is 12.6. The van der Waals surface area contributed by atoms with Crippen molar-refractivity contribution in [1.29, 1.82) is 0 Å². The Hall–Kier alpha value is -0.830. The van der Waals surface area contributed by atoms with E-state index >= 15 is 0 Å². The van der Waals surface area contributed by atoms with Crippen molar-refractivity contribution in [1.82, 2.24) is 10.4 Å². The van der Waals surface area contributed by atoms with Gasteiger partial charge in [-0.05, 0) is 24.7 Å². The predicted octanol–water partition coefficient (Wildman–Crippen LogP) is 2.64. The average Bonchev–Trinajstić information content (AvgIpc) is 2.42. The first-order valence-electron chi connectivity index (χ1n) is 6.80. The molecule has 1 aliphatic carbocycles. The number of hydrogen-bond acceptors (Lipinski definition) is 3. The van der Waals surface area contributed by atoms with Gasteiger partial charge in [0.25, 0.3) is 0 Å². The fourth-order valence-electron chi connectivity index (χ4n) is 2.80. The first-order valence-corrected chi connectivity index (χ1v) is 6.80. The van der Waals surface area contributed by atoms with Crippen molar-refractivity contribution in [2.45, 2.75) is 52.4 Å². The van der Waals surface area contributed by atoms with E-state index in [2.05, 4.69) is 24.3 Å². The third-order valence-electron chi connectivity index (χ3n) is 3.56. The average molecular weight is 236 g/mol. The molecule has 1 aliphatic heterocycles. The summed E-state index contributed by atoms with van der Waals surface area (Å²) in [7, 11) is 0. The van der Waals surface area contributed by atoms with Gasteiger partial charge in [0, 0.05) is 31.3 Å². The SMILES string of the molecule is CC1(C)CC(=O)C=C(NN2CCCCCC2)C1. The summed E-state index contributed by atoms with van der Waals surface area (Å²) in [5.74, 6) is 0.263. The normalized spacial score (nSPS) is 26.2. The Morgan fingerprint density at radius 1 is 1.12 bits per heavy atom. The zero-order valence-electron chi connectivity index (χ0n) is 11.1. The van der Waals surface area contributed by atoms with Crippen molar-refractivity contribution in [2.75, 3.05) is 13.1 Å². The van der Waals surface area contributed by atoms with Crippen molar-refractivity contribution < 1.29 is 4.79 Å². The fraction of sp³-hybridized carbons (Fsp3) is 0.786. The molecular formula is C14H24N2O. The van der Waals surface area contributed by atoms with Gasteiger partial charge in [0.15, 0.2) is 5.78 Å². The standard InChI is InChI=1S/C14H24N2O/c1-14(2)10-12(9-13(17)11-14)15-16-7-5-3-4-6-8-16/h9,15H,3-8,10-11H2,1-2H3. The van der Waals surface area contributed by atoms with E-state index in [1.807, 2.05) is 0 Å². The fourth-order valence-corrected chi connectivity index (χ4v) is 2.80. The Bertz CT molecular complexity index is 312. The number of rotatable bonds is 2. The summed E-state index contributed by atoms with van der Waals surface area (Å²) in [4.78, 5) is 11.7. The molecule has 96 valence electrons. The summed E-state index contributed by atoms with van der Waals surface area (Å²) in [6.07, 6.45) is 8.65. The van der Waals surface area contributed by atoms with Crippen molar-refractivity contribution in [3.63, 3.8) is 0 Å². The lowest BCUT2D eigenvalue weighted by molar-refractivity contribution is -0.117. The van der Waals surface area contributed by atoms with Crippen LogP contribution in [0.2, 0.25) is 0 Å². The van der Waals surface area contributed by atoms with Crippen LogP contribution < -0.4 is 5.43 Å². The molecule has 0 bridgehead atoms. The molecule has 1 fully saturated rings. The number of hydrazine groups is 1. The summed E-state index contributed by atoms with van der Waals surface area (Å²) < 4.78 is 0. The van der Waals surface area contributed by atoms with Crippen molar-refractivity contribution in [3.05, 3.63) is 11.8 Å². The number of nitrogens with zero attached hydrogens (tertiary/aromatic N) is 1. The number of carbonyl (C=O) groups excluding carboxylic acids is 1. The number of ketones is 1. The second-order valence-electron chi connectivity index (χ2n) is 6.17. The van der Waals surface area contributed by atoms with Gasteiger partial charge in [0.05, 0.1) is 0 Å². The van der Waals surface area contributed by atoms with Gasteiger partial charge in [-0.3, -0.25) is 4.79 Å². The van der Waals surface area contributed by atoms with Crippen LogP contribution in [0.5, 0.6) is 0 Å². The van der Waals surface area contributed by atoms with Crippen molar-refractivity contribution in [3.8, 4) is 0 Å². The van der Waals surface area contributed by atoms with Gasteiger partial charge < -0.3 is 5.43 Å². The minimum Gasteiger partial charge on any atom is -0.323 e. The molecule has 0 aromatic carbocycles. The van der Waals surface area contributed by atoms with Gasteiger partial charge in [-0.25, -0.2) is 5.01 Å². The van der Waals surface area contributed by atoms with Gasteiger partial charge in [0.2, 0.25) is 0 Å². The van der Waals surface area contributed by atoms with E-state index in [9.17, 15) is 4.79 Å². The first-order chi connectivity index (χ1) is 8.05. The van der Waals surface area contributed by atoms with E-state index < -0.39 is 0 Å². The van der Waals surface area contributed by atoms with Gasteiger partial charge in [-0.2, -0.15) is 0 Å². The van der Waals surface area contributed by atoms with E-state index in [4.69, 9.17) is 0 Å². The van der Waals surface area contributed by atoms with Crippen LogP contribution in [0.1, 0.15) is 52.4 Å². The second-order valence-corrected chi connectivity index (χ2v) is 6.17. The van der Waals surface area contributed by atoms with Crippen LogP contribution in [-0.2, 0) is 4.79 Å². The summed E-state index contributed by atoms with van der Waals surface area (Å²) in [6, 6.07) is 0. The van der Waals surface area contributed by atoms with E-state index in [1.54, 1.807) is 6.08 Å². The third-order valence-corrected chi connectivity index (χ3v) is 3.56. The maximum absolute atomic E-state index is 11.7. The molecule has 0 aromatic heterocycles. The second kappa shape index (κ2) is 5.21. The quantitative estimate of drug-likeness (QED) is 0.800. The predicted molar refractivity (Wildman–Crippen MR) is 69.3 cm³/mol. The van der Waals surface area contributed by atoms with Crippen LogP contribution in [0.3, 0.4) is 0 Å². The molecule has 1 heterocycles. The van der Waals surface area contributed by atoms with Crippen molar-refractivity contribution in [2.24, 2.45) is 5.41 Å². The van der Waals surface area contributed by atoms with Crippen LogP contribution in [0.25, 0.3) is 0 Å². The van der Waals surface area contributed by atoms with Crippen LogP contribution >= 0.6 is 0 Å². The zero-order valence-corrected chi connectivity index (χ0v) is 11.1. The highest BCUT2D eigenvalue weighted by Gasteiger charge is 2.28. The molecule has 0 amide bonds. The summed E-state index contributed by atoms with van der Waals surface area (Å²) in [5.41, 5.74) is 4.67. The minimum absolute atomic E-state index is 0.111. The van der Waals surface area contributed by atoms with Gasteiger partial charge in [-0.15, -0.1) is 0 Å². The monoisotopic (exact) mass is 236 g/mol. The Kier molecular flexibility index (Phi) is 3.87. The Morgan fingerprint density at radius 2 is 1.76 bits per heavy atom. The molecule has 3 nitrogen and oxygen atoms in total. The highest BCUT2D eigenvalue weighted by molar-refractivity contribution is 5.91. The van der Waals surface area contributed by atoms with Crippen LogP contribution in [0.15, 0.2) is 11.8 Å². The maximum atomic E-state index is 11.7. The molecule has 1 saturated heterocycles. The van der Waals surface area contributed by atoms with E-state index in [0.29, 0.717) is 6.42 Å². The summed E-state index contributed by atoms with van der Waals surface area (Å²) in [6.45, 7) is 6.54. The third kappa shape index (κ3) is 3.84. The summed E-state index contributed by atoms with van der Waals surface area (Å²) in [5, 5.41) is 2.29. The molecular weight excluding hydrogens is 212 g/mol. The Balaban J connectivity index is 1.95. The Morgan fingerprint density at radius 3 is 2.35 bits per heavy atom.